The second-order valence-corrected chi connectivity index (χ2v) is 8.10. The van der Waals surface area contributed by atoms with E-state index in [2.05, 4.69) is 25.6 Å². The van der Waals surface area contributed by atoms with Crippen LogP contribution in [0.1, 0.15) is 6.92 Å². The normalized spacial score (nSPS) is 12.5. The first kappa shape index (κ1) is 18.3. The third-order valence-electron chi connectivity index (χ3n) is 3.66. The minimum atomic E-state index is -4.04. The highest BCUT2D eigenvalue weighted by atomic mass is 79.9. The van der Waals surface area contributed by atoms with Crippen LogP contribution < -0.4 is 9.46 Å². The molecule has 0 saturated carbocycles. The van der Waals surface area contributed by atoms with Crippen molar-refractivity contribution >= 4 is 42.6 Å². The van der Waals surface area contributed by atoms with Gasteiger partial charge in [0.2, 0.25) is 0 Å². The molecule has 0 bridgehead atoms. The van der Waals surface area contributed by atoms with Crippen molar-refractivity contribution in [3.63, 3.8) is 0 Å². The Morgan fingerprint density at radius 2 is 1.88 bits per heavy atom. The molecule has 3 aromatic rings. The van der Waals surface area contributed by atoms with Gasteiger partial charge in [-0.3, -0.25) is 9.78 Å². The van der Waals surface area contributed by atoms with Crippen LogP contribution in [0, 0.1) is 0 Å². The Morgan fingerprint density at radius 1 is 1.15 bits per heavy atom. The van der Waals surface area contributed by atoms with Crippen LogP contribution >= 0.6 is 15.9 Å². The van der Waals surface area contributed by atoms with E-state index in [-0.39, 0.29) is 4.90 Å². The lowest BCUT2D eigenvalue weighted by molar-refractivity contribution is -0.125. The van der Waals surface area contributed by atoms with Crippen molar-refractivity contribution in [1.82, 2.24) is 9.71 Å². The van der Waals surface area contributed by atoms with Gasteiger partial charge in [0.25, 0.3) is 15.9 Å². The summed E-state index contributed by atoms with van der Waals surface area (Å²) in [5.41, 5.74) is 0. The van der Waals surface area contributed by atoms with E-state index in [1.807, 2.05) is 0 Å². The van der Waals surface area contributed by atoms with Gasteiger partial charge in [-0.15, -0.1) is 0 Å². The largest absolute Gasteiger partial charge is 0.481 e. The van der Waals surface area contributed by atoms with Gasteiger partial charge in [-0.05, 0) is 43.3 Å². The number of fused-ring (bicyclic) bond motifs is 1. The number of sulfonamides is 1. The van der Waals surface area contributed by atoms with Crippen LogP contribution in [0.25, 0.3) is 10.8 Å². The monoisotopic (exact) mass is 434 g/mol. The summed E-state index contributed by atoms with van der Waals surface area (Å²) in [4.78, 5) is 16.3. The molecule has 1 amide bonds. The van der Waals surface area contributed by atoms with Crippen LogP contribution in [0.2, 0.25) is 0 Å². The molecule has 8 heteroatoms. The Kier molecular flexibility index (Phi) is 5.24. The Morgan fingerprint density at radius 3 is 2.62 bits per heavy atom. The second-order valence-electron chi connectivity index (χ2n) is 5.54. The Hall–Kier alpha value is -2.45. The fourth-order valence-electron chi connectivity index (χ4n) is 2.37. The highest BCUT2D eigenvalue weighted by molar-refractivity contribution is 9.10. The first-order valence-electron chi connectivity index (χ1n) is 7.68. The summed E-state index contributed by atoms with van der Waals surface area (Å²) < 4.78 is 33.7. The molecule has 134 valence electrons. The van der Waals surface area contributed by atoms with Gasteiger partial charge < -0.3 is 4.74 Å². The van der Waals surface area contributed by atoms with Gasteiger partial charge >= 0.3 is 0 Å². The molecular weight excluding hydrogens is 420 g/mol. The number of carbonyl (C=O) groups excluding carboxylic acids is 1. The lowest BCUT2D eigenvalue weighted by Crippen LogP contribution is -2.40. The maximum atomic E-state index is 12.6. The third-order valence-corrected chi connectivity index (χ3v) is 5.59. The van der Waals surface area contributed by atoms with Crippen molar-refractivity contribution in [2.45, 2.75) is 17.9 Å². The molecule has 0 aliphatic carbocycles. The van der Waals surface area contributed by atoms with Gasteiger partial charge in [0.15, 0.2) is 6.10 Å². The van der Waals surface area contributed by atoms with Crippen LogP contribution in [0.5, 0.6) is 5.75 Å². The summed E-state index contributed by atoms with van der Waals surface area (Å²) in [6.07, 6.45) is 2.08. The maximum Gasteiger partial charge on any atom is 0.274 e. The first-order chi connectivity index (χ1) is 12.4. The topological polar surface area (TPSA) is 85.4 Å². The number of carbonyl (C=O) groups is 1. The fourth-order valence-corrected chi connectivity index (χ4v) is 3.91. The van der Waals surface area contributed by atoms with Crippen molar-refractivity contribution in [3.8, 4) is 5.75 Å². The van der Waals surface area contributed by atoms with Gasteiger partial charge in [-0.25, -0.2) is 13.1 Å². The molecule has 1 atom stereocenters. The predicted octanol–water partition coefficient (Wildman–Crippen LogP) is 3.27. The number of amides is 1. The van der Waals surface area contributed by atoms with Gasteiger partial charge in [0.1, 0.15) is 5.75 Å². The van der Waals surface area contributed by atoms with E-state index < -0.39 is 22.0 Å². The molecule has 1 N–H and O–H groups in total. The Balaban J connectivity index is 1.80. The summed E-state index contributed by atoms with van der Waals surface area (Å²) in [6.45, 7) is 1.49. The minimum Gasteiger partial charge on any atom is -0.481 e. The molecular formula is C18H15BrN2O4S. The molecule has 0 aliphatic heterocycles. The molecule has 0 saturated heterocycles. The zero-order valence-electron chi connectivity index (χ0n) is 13.7. The van der Waals surface area contributed by atoms with Crippen molar-refractivity contribution in [1.29, 1.82) is 0 Å². The van der Waals surface area contributed by atoms with Gasteiger partial charge in [0.05, 0.1) is 4.90 Å². The van der Waals surface area contributed by atoms with Crippen LogP contribution in [-0.4, -0.2) is 25.4 Å². The standard InChI is InChI=1S/C18H15BrN2O4S/c1-12(25-15-7-5-14(19)6-8-15)18(22)21-26(23,24)17-4-2-3-13-11-20-10-9-16(13)17/h2-12H,1H3,(H,21,22). The predicted molar refractivity (Wildman–Crippen MR) is 101 cm³/mol. The number of aromatic nitrogens is 1. The molecule has 3 rings (SSSR count). The average molecular weight is 435 g/mol. The van der Waals surface area contributed by atoms with E-state index in [1.54, 1.807) is 48.7 Å². The first-order valence-corrected chi connectivity index (χ1v) is 9.96. The Bertz CT molecular complexity index is 1050. The van der Waals surface area contributed by atoms with Crippen LogP contribution in [0.15, 0.2) is 70.3 Å². The maximum absolute atomic E-state index is 12.6. The number of pyridine rings is 1. The van der Waals surface area contributed by atoms with Gasteiger partial charge in [0, 0.05) is 27.6 Å². The number of nitrogens with one attached hydrogen (secondary N) is 1. The summed E-state index contributed by atoms with van der Waals surface area (Å²) in [5.74, 6) is -0.288. The van der Waals surface area contributed by atoms with Gasteiger partial charge in [-0.2, -0.15) is 0 Å². The number of ether oxygens (including phenoxy) is 1. The summed E-state index contributed by atoms with van der Waals surface area (Å²) in [6, 6.07) is 13.3. The van der Waals surface area contributed by atoms with E-state index >= 15 is 0 Å². The molecule has 1 aromatic heterocycles. The van der Waals surface area contributed by atoms with Gasteiger partial charge in [-0.1, -0.05) is 28.1 Å². The van der Waals surface area contributed by atoms with Crippen LogP contribution in [-0.2, 0) is 14.8 Å². The number of benzene rings is 2. The number of hydrogen-bond donors (Lipinski definition) is 1. The van der Waals surface area contributed by atoms with E-state index in [4.69, 9.17) is 4.74 Å². The minimum absolute atomic E-state index is 0.0154. The van der Waals surface area contributed by atoms with Crippen molar-refractivity contribution in [3.05, 3.63) is 65.4 Å². The fraction of sp³-hybridized carbons (Fsp3) is 0.111. The van der Waals surface area contributed by atoms with Crippen LogP contribution in [0.4, 0.5) is 0 Å². The van der Waals surface area contributed by atoms with Crippen molar-refractivity contribution in [2.75, 3.05) is 0 Å². The molecule has 1 unspecified atom stereocenters. The van der Waals surface area contributed by atoms with E-state index in [0.717, 1.165) is 4.47 Å². The van der Waals surface area contributed by atoms with E-state index in [9.17, 15) is 13.2 Å². The average Bonchev–Trinajstić information content (AvgIpc) is 2.62. The van der Waals surface area contributed by atoms with E-state index in [1.165, 1.54) is 19.2 Å². The third kappa shape index (κ3) is 4.03. The number of hydrogen-bond acceptors (Lipinski definition) is 5. The molecule has 2 aromatic carbocycles. The molecule has 1 heterocycles. The summed E-state index contributed by atoms with van der Waals surface area (Å²) in [7, 11) is -4.04. The smallest absolute Gasteiger partial charge is 0.274 e. The molecule has 0 radical (unpaired) electrons. The molecule has 6 nitrogen and oxygen atoms in total. The zero-order valence-corrected chi connectivity index (χ0v) is 16.1. The van der Waals surface area contributed by atoms with E-state index in [0.29, 0.717) is 16.5 Å². The van der Waals surface area contributed by atoms with Crippen LogP contribution in [0.3, 0.4) is 0 Å². The molecule has 0 spiro atoms. The summed E-state index contributed by atoms with van der Waals surface area (Å²) in [5, 5.41) is 1.16. The lowest BCUT2D eigenvalue weighted by atomic mass is 10.2. The number of nitrogens with zero attached hydrogens (tertiary/aromatic N) is 1. The zero-order chi connectivity index (χ0) is 18.7. The summed E-state index contributed by atoms with van der Waals surface area (Å²) >= 11 is 3.31. The SMILES string of the molecule is CC(Oc1ccc(Br)cc1)C(=O)NS(=O)(=O)c1cccc2cnccc12. The molecule has 0 aliphatic rings. The number of rotatable bonds is 5. The van der Waals surface area contributed by atoms with Crippen molar-refractivity contribution in [2.24, 2.45) is 0 Å². The number of halogens is 1. The molecule has 26 heavy (non-hydrogen) atoms. The Labute approximate surface area is 159 Å². The quantitative estimate of drug-likeness (QED) is 0.665. The lowest BCUT2D eigenvalue weighted by Gasteiger charge is -2.15. The highest BCUT2D eigenvalue weighted by Gasteiger charge is 2.24. The van der Waals surface area contributed by atoms with Crippen molar-refractivity contribution < 1.29 is 17.9 Å². The molecule has 0 fully saturated rings. The highest BCUT2D eigenvalue weighted by Crippen LogP contribution is 2.22. The second kappa shape index (κ2) is 7.43.